The molecule has 0 aliphatic carbocycles. The van der Waals surface area contributed by atoms with Gasteiger partial charge in [-0.05, 0) is 48.1 Å². The summed E-state index contributed by atoms with van der Waals surface area (Å²) in [6.07, 6.45) is 0.648. The molecule has 2 aromatic carbocycles. The number of methoxy groups -OCH3 is 1. The summed E-state index contributed by atoms with van der Waals surface area (Å²) in [5.41, 5.74) is 2.92. The molecule has 0 atom stereocenters. The summed E-state index contributed by atoms with van der Waals surface area (Å²) in [4.78, 5) is 31.0. The van der Waals surface area contributed by atoms with Gasteiger partial charge in [-0.15, -0.1) is 11.3 Å². The Morgan fingerprint density at radius 3 is 2.27 bits per heavy atom. The minimum absolute atomic E-state index is 0.000360. The Morgan fingerprint density at radius 2 is 1.64 bits per heavy atom. The fourth-order valence-electron chi connectivity index (χ4n) is 3.41. The number of benzene rings is 2. The Balaban J connectivity index is 1.75. The lowest BCUT2D eigenvalue weighted by Gasteiger charge is -2.28. The number of amides is 3. The predicted octanol–water partition coefficient (Wildman–Crippen LogP) is 5.16. The van der Waals surface area contributed by atoms with E-state index in [1.54, 1.807) is 23.3 Å². The number of rotatable bonds is 11. The van der Waals surface area contributed by atoms with Crippen molar-refractivity contribution in [3.8, 4) is 0 Å². The van der Waals surface area contributed by atoms with Gasteiger partial charge >= 0.3 is 6.03 Å². The molecule has 3 rings (SSSR count). The van der Waals surface area contributed by atoms with Gasteiger partial charge in [-0.2, -0.15) is 0 Å². The second-order valence-electron chi connectivity index (χ2n) is 7.83. The Kier molecular flexibility index (Phi) is 9.47. The SMILES string of the molecule is COCCCN(CC(=O)N(Cc1ccccc1)Cc1sccc1C)C(=O)Nc1ccccc1. The van der Waals surface area contributed by atoms with Gasteiger partial charge in [0.15, 0.2) is 0 Å². The molecular weight excluding hydrogens is 434 g/mol. The first-order valence-electron chi connectivity index (χ1n) is 11.0. The minimum Gasteiger partial charge on any atom is -0.385 e. The number of ether oxygens (including phenoxy) is 1. The second-order valence-corrected chi connectivity index (χ2v) is 8.83. The highest BCUT2D eigenvalue weighted by molar-refractivity contribution is 7.10. The number of nitrogens with one attached hydrogen (secondary N) is 1. The van der Waals surface area contributed by atoms with E-state index >= 15 is 0 Å². The van der Waals surface area contributed by atoms with Crippen LogP contribution in [0.4, 0.5) is 10.5 Å². The average molecular weight is 466 g/mol. The minimum atomic E-state index is -0.294. The summed E-state index contributed by atoms with van der Waals surface area (Å²) >= 11 is 1.65. The first kappa shape index (κ1) is 24.5. The van der Waals surface area contributed by atoms with Crippen molar-refractivity contribution in [2.45, 2.75) is 26.4 Å². The molecule has 0 radical (unpaired) electrons. The van der Waals surface area contributed by atoms with Crippen LogP contribution in [0.25, 0.3) is 0 Å². The van der Waals surface area contributed by atoms with E-state index in [1.807, 2.05) is 70.9 Å². The van der Waals surface area contributed by atoms with Gasteiger partial charge in [0.25, 0.3) is 0 Å². The molecule has 0 bridgehead atoms. The van der Waals surface area contributed by atoms with Gasteiger partial charge in [0.1, 0.15) is 6.54 Å². The van der Waals surface area contributed by atoms with Crippen LogP contribution in [0.5, 0.6) is 0 Å². The summed E-state index contributed by atoms with van der Waals surface area (Å²) in [6, 6.07) is 21.0. The van der Waals surface area contributed by atoms with E-state index in [2.05, 4.69) is 18.3 Å². The van der Waals surface area contributed by atoms with Gasteiger partial charge in [-0.25, -0.2) is 4.79 Å². The summed E-state index contributed by atoms with van der Waals surface area (Å²) in [5, 5.41) is 4.94. The number of anilines is 1. The quantitative estimate of drug-likeness (QED) is 0.398. The third kappa shape index (κ3) is 7.73. The van der Waals surface area contributed by atoms with Gasteiger partial charge in [-0.1, -0.05) is 48.5 Å². The molecule has 6 nitrogen and oxygen atoms in total. The topological polar surface area (TPSA) is 61.9 Å². The predicted molar refractivity (Wildman–Crippen MR) is 133 cm³/mol. The third-order valence-corrected chi connectivity index (χ3v) is 6.29. The van der Waals surface area contributed by atoms with E-state index in [0.29, 0.717) is 38.3 Å². The Morgan fingerprint density at radius 1 is 0.939 bits per heavy atom. The number of hydrogen-bond acceptors (Lipinski definition) is 4. The molecule has 33 heavy (non-hydrogen) atoms. The smallest absolute Gasteiger partial charge is 0.322 e. The normalized spacial score (nSPS) is 10.6. The molecule has 0 aliphatic heterocycles. The molecule has 3 aromatic rings. The number of carbonyl (C=O) groups excluding carboxylic acids is 2. The highest BCUT2D eigenvalue weighted by atomic mass is 32.1. The van der Waals surface area contributed by atoms with Gasteiger partial charge in [0.2, 0.25) is 5.91 Å². The fraction of sp³-hybridized carbons (Fsp3) is 0.308. The fourth-order valence-corrected chi connectivity index (χ4v) is 4.34. The van der Waals surface area contributed by atoms with Crippen molar-refractivity contribution in [1.82, 2.24) is 9.80 Å². The van der Waals surface area contributed by atoms with E-state index in [4.69, 9.17) is 4.74 Å². The average Bonchev–Trinajstić information content (AvgIpc) is 3.23. The zero-order chi connectivity index (χ0) is 23.5. The molecule has 1 N–H and O–H groups in total. The molecule has 0 unspecified atom stereocenters. The first-order chi connectivity index (χ1) is 16.1. The monoisotopic (exact) mass is 465 g/mol. The molecule has 0 aliphatic rings. The number of nitrogens with zero attached hydrogens (tertiary/aromatic N) is 2. The maximum atomic E-state index is 13.5. The molecular formula is C26H31N3O3S. The van der Waals surface area contributed by atoms with Crippen LogP contribution in [-0.4, -0.2) is 48.5 Å². The maximum Gasteiger partial charge on any atom is 0.322 e. The lowest BCUT2D eigenvalue weighted by molar-refractivity contribution is -0.133. The number of para-hydroxylation sites is 1. The molecule has 0 saturated carbocycles. The van der Waals surface area contributed by atoms with Crippen molar-refractivity contribution in [2.24, 2.45) is 0 Å². The van der Waals surface area contributed by atoms with E-state index in [9.17, 15) is 9.59 Å². The number of urea groups is 1. The lowest BCUT2D eigenvalue weighted by atomic mass is 10.2. The first-order valence-corrected chi connectivity index (χ1v) is 11.9. The van der Waals surface area contributed by atoms with Crippen LogP contribution in [0.15, 0.2) is 72.1 Å². The van der Waals surface area contributed by atoms with Crippen LogP contribution >= 0.6 is 11.3 Å². The van der Waals surface area contributed by atoms with E-state index < -0.39 is 0 Å². The van der Waals surface area contributed by atoms with Crippen molar-refractivity contribution in [1.29, 1.82) is 0 Å². The highest BCUT2D eigenvalue weighted by Gasteiger charge is 2.22. The summed E-state index contributed by atoms with van der Waals surface area (Å²) in [5.74, 6) is -0.0905. The van der Waals surface area contributed by atoms with E-state index in [-0.39, 0.29) is 18.5 Å². The standard InChI is InChI=1S/C26H31N3O3S/c1-21-14-17-33-24(21)19-29(18-22-10-5-3-6-11-22)25(30)20-28(15-9-16-32-2)26(31)27-23-12-7-4-8-13-23/h3-8,10-14,17H,9,15-16,18-20H2,1-2H3,(H,27,31). The maximum absolute atomic E-state index is 13.5. The largest absolute Gasteiger partial charge is 0.385 e. The Hall–Kier alpha value is -3.16. The number of thiophene rings is 1. The molecule has 1 aromatic heterocycles. The molecule has 0 saturated heterocycles. The molecule has 3 amide bonds. The summed E-state index contributed by atoms with van der Waals surface area (Å²) < 4.78 is 5.15. The zero-order valence-corrected chi connectivity index (χ0v) is 20.0. The van der Waals surface area contributed by atoms with Crippen LogP contribution in [0.3, 0.4) is 0 Å². The van der Waals surface area contributed by atoms with Crippen molar-refractivity contribution >= 4 is 29.0 Å². The van der Waals surface area contributed by atoms with Crippen molar-refractivity contribution in [2.75, 3.05) is 32.1 Å². The van der Waals surface area contributed by atoms with E-state index in [0.717, 1.165) is 10.4 Å². The number of hydrogen-bond donors (Lipinski definition) is 1. The van der Waals surface area contributed by atoms with Crippen molar-refractivity contribution < 1.29 is 14.3 Å². The Bertz CT molecular complexity index is 1010. The van der Waals surface area contributed by atoms with Gasteiger partial charge < -0.3 is 19.9 Å². The molecule has 174 valence electrons. The summed E-state index contributed by atoms with van der Waals surface area (Å²) in [6.45, 7) is 4.01. The number of aryl methyl sites for hydroxylation is 1. The van der Waals surface area contributed by atoms with Crippen LogP contribution < -0.4 is 5.32 Å². The second kappa shape index (κ2) is 12.8. The van der Waals surface area contributed by atoms with E-state index in [1.165, 1.54) is 5.56 Å². The molecule has 7 heteroatoms. The van der Waals surface area contributed by atoms with Crippen molar-refractivity contribution in [3.05, 3.63) is 88.1 Å². The van der Waals surface area contributed by atoms with Crippen molar-refractivity contribution in [3.63, 3.8) is 0 Å². The molecule has 0 spiro atoms. The Labute approximate surface area is 199 Å². The molecule has 1 heterocycles. The molecule has 0 fully saturated rings. The van der Waals surface area contributed by atoms with Crippen LogP contribution in [0, 0.1) is 6.92 Å². The zero-order valence-electron chi connectivity index (χ0n) is 19.2. The van der Waals surface area contributed by atoms with Gasteiger partial charge in [0, 0.05) is 37.4 Å². The summed E-state index contributed by atoms with van der Waals surface area (Å²) in [7, 11) is 1.63. The van der Waals surface area contributed by atoms with Crippen LogP contribution in [0.1, 0.15) is 22.4 Å². The van der Waals surface area contributed by atoms with Crippen LogP contribution in [-0.2, 0) is 22.6 Å². The van der Waals surface area contributed by atoms with Gasteiger partial charge in [-0.3, -0.25) is 4.79 Å². The van der Waals surface area contributed by atoms with Gasteiger partial charge in [0.05, 0.1) is 6.54 Å². The highest BCUT2D eigenvalue weighted by Crippen LogP contribution is 2.20. The van der Waals surface area contributed by atoms with Crippen LogP contribution in [0.2, 0.25) is 0 Å². The lowest BCUT2D eigenvalue weighted by Crippen LogP contribution is -2.44. The number of carbonyl (C=O) groups is 2. The third-order valence-electron chi connectivity index (χ3n) is 5.29.